The Labute approximate surface area is 116 Å². The van der Waals surface area contributed by atoms with Crippen molar-refractivity contribution in [3.63, 3.8) is 0 Å². The predicted molar refractivity (Wildman–Crippen MR) is 78.1 cm³/mol. The summed E-state index contributed by atoms with van der Waals surface area (Å²) in [5.41, 5.74) is 1.15. The second-order valence-corrected chi connectivity index (χ2v) is 5.35. The molecule has 2 rings (SSSR count). The second-order valence-electron chi connectivity index (χ2n) is 5.35. The SMILES string of the molecule is CCC(C)C(C(=O)N1CCNCC1)c1ccccc1. The zero-order valence-corrected chi connectivity index (χ0v) is 11.9. The van der Waals surface area contributed by atoms with Crippen LogP contribution in [0.4, 0.5) is 0 Å². The Bertz CT molecular complexity index is 398. The van der Waals surface area contributed by atoms with Gasteiger partial charge in [0.05, 0.1) is 5.92 Å². The molecule has 1 aliphatic rings. The van der Waals surface area contributed by atoms with Gasteiger partial charge in [0, 0.05) is 26.2 Å². The molecule has 1 aliphatic heterocycles. The van der Waals surface area contributed by atoms with E-state index in [1.807, 2.05) is 23.1 Å². The Morgan fingerprint density at radius 2 is 1.89 bits per heavy atom. The van der Waals surface area contributed by atoms with Gasteiger partial charge in [0.25, 0.3) is 0 Å². The molecular weight excluding hydrogens is 236 g/mol. The molecule has 3 heteroatoms. The van der Waals surface area contributed by atoms with Crippen LogP contribution in [-0.4, -0.2) is 37.0 Å². The third-order valence-electron chi connectivity index (χ3n) is 4.07. The zero-order valence-electron chi connectivity index (χ0n) is 11.9. The molecule has 1 amide bonds. The smallest absolute Gasteiger partial charge is 0.230 e. The molecule has 0 saturated carbocycles. The summed E-state index contributed by atoms with van der Waals surface area (Å²) in [4.78, 5) is 14.8. The van der Waals surface area contributed by atoms with Crippen LogP contribution in [0, 0.1) is 5.92 Å². The molecule has 0 aliphatic carbocycles. The first-order valence-electron chi connectivity index (χ1n) is 7.28. The van der Waals surface area contributed by atoms with E-state index in [0.29, 0.717) is 11.8 Å². The lowest BCUT2D eigenvalue weighted by Gasteiger charge is -2.33. The van der Waals surface area contributed by atoms with E-state index in [2.05, 4.69) is 31.3 Å². The molecule has 104 valence electrons. The summed E-state index contributed by atoms with van der Waals surface area (Å²) in [7, 11) is 0. The maximum Gasteiger partial charge on any atom is 0.230 e. The second kappa shape index (κ2) is 6.71. The van der Waals surface area contributed by atoms with Gasteiger partial charge in [-0.1, -0.05) is 50.6 Å². The first-order chi connectivity index (χ1) is 9.24. The predicted octanol–water partition coefficient (Wildman–Crippen LogP) is 2.25. The van der Waals surface area contributed by atoms with Crippen LogP contribution in [0.1, 0.15) is 31.7 Å². The Balaban J connectivity index is 2.20. The van der Waals surface area contributed by atoms with Crippen LogP contribution in [0.3, 0.4) is 0 Å². The summed E-state index contributed by atoms with van der Waals surface area (Å²) >= 11 is 0. The van der Waals surface area contributed by atoms with E-state index in [0.717, 1.165) is 38.2 Å². The Hall–Kier alpha value is -1.35. The minimum atomic E-state index is 0.00398. The number of rotatable bonds is 4. The molecule has 2 unspecified atom stereocenters. The van der Waals surface area contributed by atoms with Gasteiger partial charge in [-0.25, -0.2) is 0 Å². The van der Waals surface area contributed by atoms with Crippen molar-refractivity contribution in [1.82, 2.24) is 10.2 Å². The number of piperazine rings is 1. The van der Waals surface area contributed by atoms with E-state index in [9.17, 15) is 4.79 Å². The normalized spacial score (nSPS) is 18.9. The van der Waals surface area contributed by atoms with E-state index in [1.54, 1.807) is 0 Å². The van der Waals surface area contributed by atoms with Crippen LogP contribution in [-0.2, 0) is 4.79 Å². The lowest BCUT2D eigenvalue weighted by Crippen LogP contribution is -2.48. The minimum Gasteiger partial charge on any atom is -0.340 e. The van der Waals surface area contributed by atoms with Gasteiger partial charge in [-0.05, 0) is 11.5 Å². The average molecular weight is 260 g/mol. The van der Waals surface area contributed by atoms with Crippen molar-refractivity contribution in [2.75, 3.05) is 26.2 Å². The quantitative estimate of drug-likeness (QED) is 0.900. The Morgan fingerprint density at radius 1 is 1.26 bits per heavy atom. The number of hydrogen-bond acceptors (Lipinski definition) is 2. The monoisotopic (exact) mass is 260 g/mol. The van der Waals surface area contributed by atoms with Crippen molar-refractivity contribution < 1.29 is 4.79 Å². The molecule has 1 aromatic carbocycles. The topological polar surface area (TPSA) is 32.3 Å². The van der Waals surface area contributed by atoms with Crippen molar-refractivity contribution in [2.24, 2.45) is 5.92 Å². The van der Waals surface area contributed by atoms with E-state index < -0.39 is 0 Å². The fourth-order valence-corrected chi connectivity index (χ4v) is 2.69. The largest absolute Gasteiger partial charge is 0.340 e. The van der Waals surface area contributed by atoms with Gasteiger partial charge in [-0.2, -0.15) is 0 Å². The van der Waals surface area contributed by atoms with E-state index in [1.165, 1.54) is 0 Å². The molecule has 0 radical (unpaired) electrons. The van der Waals surface area contributed by atoms with Gasteiger partial charge in [-0.15, -0.1) is 0 Å². The lowest BCUT2D eigenvalue weighted by atomic mass is 9.84. The van der Waals surface area contributed by atoms with Gasteiger partial charge in [0.1, 0.15) is 0 Å². The molecule has 0 spiro atoms. The highest BCUT2D eigenvalue weighted by molar-refractivity contribution is 5.84. The van der Waals surface area contributed by atoms with Crippen molar-refractivity contribution >= 4 is 5.91 Å². The molecule has 2 atom stereocenters. The summed E-state index contributed by atoms with van der Waals surface area (Å²) in [5, 5.41) is 3.30. The highest BCUT2D eigenvalue weighted by atomic mass is 16.2. The number of hydrogen-bond donors (Lipinski definition) is 1. The van der Waals surface area contributed by atoms with E-state index in [4.69, 9.17) is 0 Å². The number of benzene rings is 1. The van der Waals surface area contributed by atoms with Gasteiger partial charge in [0.2, 0.25) is 5.91 Å². The fraction of sp³-hybridized carbons (Fsp3) is 0.562. The molecule has 3 nitrogen and oxygen atoms in total. The molecule has 0 bridgehead atoms. The van der Waals surface area contributed by atoms with Crippen LogP contribution < -0.4 is 5.32 Å². The standard InChI is InChI=1S/C16H24N2O/c1-3-13(2)15(14-7-5-4-6-8-14)16(19)18-11-9-17-10-12-18/h4-8,13,15,17H,3,9-12H2,1-2H3. The number of carbonyl (C=O) groups is 1. The van der Waals surface area contributed by atoms with Gasteiger partial charge >= 0.3 is 0 Å². The van der Waals surface area contributed by atoms with Crippen LogP contribution in [0.5, 0.6) is 0 Å². The van der Waals surface area contributed by atoms with Crippen LogP contribution in [0.25, 0.3) is 0 Å². The number of carbonyl (C=O) groups excluding carboxylic acids is 1. The highest BCUT2D eigenvalue weighted by Crippen LogP contribution is 2.29. The first kappa shape index (κ1) is 14.1. The number of nitrogens with one attached hydrogen (secondary N) is 1. The van der Waals surface area contributed by atoms with Crippen molar-refractivity contribution in [3.8, 4) is 0 Å². The summed E-state index contributed by atoms with van der Waals surface area (Å²) in [6.45, 7) is 7.82. The van der Waals surface area contributed by atoms with Crippen molar-refractivity contribution in [3.05, 3.63) is 35.9 Å². The third kappa shape index (κ3) is 3.35. The third-order valence-corrected chi connectivity index (χ3v) is 4.07. The zero-order chi connectivity index (χ0) is 13.7. The molecular formula is C16H24N2O. The fourth-order valence-electron chi connectivity index (χ4n) is 2.69. The molecule has 1 heterocycles. The first-order valence-corrected chi connectivity index (χ1v) is 7.28. The van der Waals surface area contributed by atoms with Gasteiger partial charge in [0.15, 0.2) is 0 Å². The van der Waals surface area contributed by atoms with Crippen LogP contribution in [0.15, 0.2) is 30.3 Å². The average Bonchev–Trinajstić information content (AvgIpc) is 2.49. The number of nitrogens with zero attached hydrogens (tertiary/aromatic N) is 1. The molecule has 0 aromatic heterocycles. The lowest BCUT2D eigenvalue weighted by molar-refractivity contribution is -0.134. The van der Waals surface area contributed by atoms with Crippen molar-refractivity contribution in [1.29, 1.82) is 0 Å². The molecule has 1 fully saturated rings. The van der Waals surface area contributed by atoms with Crippen molar-refractivity contribution in [2.45, 2.75) is 26.2 Å². The van der Waals surface area contributed by atoms with Gasteiger partial charge < -0.3 is 10.2 Å². The minimum absolute atomic E-state index is 0.00398. The van der Waals surface area contributed by atoms with E-state index in [-0.39, 0.29) is 5.92 Å². The molecule has 1 saturated heterocycles. The summed E-state index contributed by atoms with van der Waals surface area (Å²) in [6, 6.07) is 10.2. The maximum atomic E-state index is 12.8. The summed E-state index contributed by atoms with van der Waals surface area (Å²) in [5.74, 6) is 0.677. The Kier molecular flexibility index (Phi) is 4.97. The Morgan fingerprint density at radius 3 is 2.47 bits per heavy atom. The summed E-state index contributed by atoms with van der Waals surface area (Å²) in [6.07, 6.45) is 1.03. The summed E-state index contributed by atoms with van der Waals surface area (Å²) < 4.78 is 0. The molecule has 19 heavy (non-hydrogen) atoms. The van der Waals surface area contributed by atoms with Crippen LogP contribution in [0.2, 0.25) is 0 Å². The maximum absolute atomic E-state index is 12.8. The molecule has 1 N–H and O–H groups in total. The van der Waals surface area contributed by atoms with E-state index >= 15 is 0 Å². The highest BCUT2D eigenvalue weighted by Gasteiger charge is 2.30. The van der Waals surface area contributed by atoms with Gasteiger partial charge in [-0.3, -0.25) is 4.79 Å². The van der Waals surface area contributed by atoms with Crippen LogP contribution >= 0.6 is 0 Å². The molecule has 1 aromatic rings. The number of amides is 1.